The molecule has 1 aromatic carbocycles. The molecule has 0 aliphatic rings. The summed E-state index contributed by atoms with van der Waals surface area (Å²) in [6.07, 6.45) is 0.874. The lowest BCUT2D eigenvalue weighted by molar-refractivity contribution is 1.32. The number of hydrogen-bond donors (Lipinski definition) is 0. The first-order valence-electron chi connectivity index (χ1n) is 3.74. The van der Waals surface area contributed by atoms with Gasteiger partial charge >= 0.3 is 0 Å². The minimum atomic E-state index is 0.874. The lowest BCUT2D eigenvalue weighted by Crippen LogP contribution is -1.77. The fourth-order valence-corrected chi connectivity index (χ4v) is 1.70. The molecule has 68 valence electrons. The Kier molecular flexibility index (Phi) is 5.08. The SMILES string of the molecule is BrCCC#Cc1cc(Br)ccc1Br. The van der Waals surface area contributed by atoms with Crippen molar-refractivity contribution in [2.24, 2.45) is 0 Å². The molecule has 0 radical (unpaired) electrons. The second-order valence-corrected chi connectivity index (χ2v) is 4.93. The molecule has 0 saturated heterocycles. The highest BCUT2D eigenvalue weighted by Gasteiger charge is 1.95. The molecule has 0 amide bonds. The molecule has 0 unspecified atom stereocenters. The first-order chi connectivity index (χ1) is 6.24. The summed E-state index contributed by atoms with van der Waals surface area (Å²) in [5.41, 5.74) is 1.02. The van der Waals surface area contributed by atoms with Crippen LogP contribution in [0.3, 0.4) is 0 Å². The zero-order valence-corrected chi connectivity index (χ0v) is 11.5. The molecule has 0 bridgehead atoms. The number of rotatable bonds is 1. The van der Waals surface area contributed by atoms with Gasteiger partial charge in [0.25, 0.3) is 0 Å². The van der Waals surface area contributed by atoms with Crippen LogP contribution in [0.4, 0.5) is 0 Å². The fourth-order valence-electron chi connectivity index (χ4n) is 0.798. The summed E-state index contributed by atoms with van der Waals surface area (Å²) < 4.78 is 2.09. The van der Waals surface area contributed by atoms with Crippen LogP contribution in [0.1, 0.15) is 12.0 Å². The van der Waals surface area contributed by atoms with Gasteiger partial charge in [-0.3, -0.25) is 0 Å². The van der Waals surface area contributed by atoms with Gasteiger partial charge in [0, 0.05) is 26.3 Å². The normalized spacial score (nSPS) is 9.15. The molecule has 0 saturated carbocycles. The molecule has 0 fully saturated rings. The molecule has 0 nitrogen and oxygen atoms in total. The molecule has 0 N–H and O–H groups in total. The van der Waals surface area contributed by atoms with Crippen LogP contribution in [-0.2, 0) is 0 Å². The maximum absolute atomic E-state index is 3.45. The molecular formula is C10H7Br3. The molecule has 3 heteroatoms. The van der Waals surface area contributed by atoms with Crippen molar-refractivity contribution in [3.63, 3.8) is 0 Å². The number of benzene rings is 1. The van der Waals surface area contributed by atoms with E-state index >= 15 is 0 Å². The molecule has 0 aromatic heterocycles. The van der Waals surface area contributed by atoms with Gasteiger partial charge < -0.3 is 0 Å². The molecule has 0 spiro atoms. The van der Waals surface area contributed by atoms with Crippen molar-refractivity contribution in [2.45, 2.75) is 6.42 Å². The molecule has 0 heterocycles. The van der Waals surface area contributed by atoms with E-state index in [2.05, 4.69) is 59.6 Å². The minimum absolute atomic E-state index is 0.874. The Hall–Kier alpha value is 0.220. The second-order valence-electron chi connectivity index (χ2n) is 2.36. The molecule has 1 aromatic rings. The van der Waals surface area contributed by atoms with Crippen LogP contribution in [0.15, 0.2) is 27.1 Å². The lowest BCUT2D eigenvalue weighted by atomic mass is 10.2. The van der Waals surface area contributed by atoms with Crippen LogP contribution in [0.5, 0.6) is 0 Å². The van der Waals surface area contributed by atoms with E-state index in [1.165, 1.54) is 0 Å². The molecule has 13 heavy (non-hydrogen) atoms. The minimum Gasteiger partial charge on any atom is -0.0970 e. The third-order valence-corrected chi connectivity index (χ3v) is 2.95. The Balaban J connectivity index is 2.89. The number of halogens is 3. The van der Waals surface area contributed by atoms with E-state index in [-0.39, 0.29) is 0 Å². The lowest BCUT2D eigenvalue weighted by Gasteiger charge is -1.95. The van der Waals surface area contributed by atoms with Crippen molar-refractivity contribution in [1.82, 2.24) is 0 Å². The van der Waals surface area contributed by atoms with Crippen molar-refractivity contribution in [3.05, 3.63) is 32.7 Å². The van der Waals surface area contributed by atoms with Crippen LogP contribution in [0.25, 0.3) is 0 Å². The fraction of sp³-hybridized carbons (Fsp3) is 0.200. The Morgan fingerprint density at radius 2 is 2.00 bits per heavy atom. The zero-order chi connectivity index (χ0) is 9.68. The van der Waals surface area contributed by atoms with E-state index in [1.54, 1.807) is 0 Å². The van der Waals surface area contributed by atoms with Gasteiger partial charge in [0.2, 0.25) is 0 Å². The van der Waals surface area contributed by atoms with Gasteiger partial charge in [-0.2, -0.15) is 0 Å². The van der Waals surface area contributed by atoms with Crippen molar-refractivity contribution >= 4 is 47.8 Å². The molecular weight excluding hydrogens is 360 g/mol. The summed E-state index contributed by atoms with van der Waals surface area (Å²) in [6.45, 7) is 0. The quantitative estimate of drug-likeness (QED) is 0.512. The van der Waals surface area contributed by atoms with Crippen LogP contribution < -0.4 is 0 Å². The van der Waals surface area contributed by atoms with Crippen LogP contribution >= 0.6 is 47.8 Å². The molecule has 0 aliphatic heterocycles. The first-order valence-corrected chi connectivity index (χ1v) is 6.44. The third kappa shape index (κ3) is 3.84. The van der Waals surface area contributed by atoms with Crippen molar-refractivity contribution in [1.29, 1.82) is 0 Å². The van der Waals surface area contributed by atoms with Crippen molar-refractivity contribution in [2.75, 3.05) is 5.33 Å². The summed E-state index contributed by atoms with van der Waals surface area (Å²) in [5.74, 6) is 6.17. The highest BCUT2D eigenvalue weighted by atomic mass is 79.9. The number of alkyl halides is 1. The predicted molar refractivity (Wildman–Crippen MR) is 67.1 cm³/mol. The van der Waals surface area contributed by atoms with E-state index in [9.17, 15) is 0 Å². The highest BCUT2D eigenvalue weighted by Crippen LogP contribution is 2.20. The van der Waals surface area contributed by atoms with Crippen LogP contribution in [0.2, 0.25) is 0 Å². The Morgan fingerprint density at radius 3 is 2.69 bits per heavy atom. The predicted octanol–water partition coefficient (Wildman–Crippen LogP) is 4.35. The van der Waals surface area contributed by atoms with Crippen molar-refractivity contribution in [3.8, 4) is 11.8 Å². The summed E-state index contributed by atoms with van der Waals surface area (Å²) in [6, 6.07) is 5.98. The van der Waals surface area contributed by atoms with Gasteiger partial charge in [0.15, 0.2) is 0 Å². The number of hydrogen-bond acceptors (Lipinski definition) is 0. The largest absolute Gasteiger partial charge is 0.0970 e. The van der Waals surface area contributed by atoms with Gasteiger partial charge in [-0.25, -0.2) is 0 Å². The standard InChI is InChI=1S/C10H7Br3/c11-6-2-1-3-8-7-9(12)4-5-10(8)13/h4-5,7H,2,6H2. The van der Waals surface area contributed by atoms with E-state index in [0.29, 0.717) is 0 Å². The van der Waals surface area contributed by atoms with Crippen molar-refractivity contribution < 1.29 is 0 Å². The van der Waals surface area contributed by atoms with E-state index in [4.69, 9.17) is 0 Å². The summed E-state index contributed by atoms with van der Waals surface area (Å²) in [4.78, 5) is 0. The molecule has 0 aliphatic carbocycles. The smallest absolute Gasteiger partial charge is 0.0398 e. The van der Waals surface area contributed by atoms with Crippen LogP contribution in [-0.4, -0.2) is 5.33 Å². The molecule has 1 rings (SSSR count). The second kappa shape index (κ2) is 5.85. The van der Waals surface area contributed by atoms with Gasteiger partial charge in [-0.15, -0.1) is 0 Å². The highest BCUT2D eigenvalue weighted by molar-refractivity contribution is 9.11. The van der Waals surface area contributed by atoms with E-state index < -0.39 is 0 Å². The van der Waals surface area contributed by atoms with E-state index in [1.807, 2.05) is 18.2 Å². The third-order valence-electron chi connectivity index (χ3n) is 1.37. The maximum atomic E-state index is 3.45. The van der Waals surface area contributed by atoms with Gasteiger partial charge in [0.1, 0.15) is 0 Å². The monoisotopic (exact) mass is 364 g/mol. The average molecular weight is 367 g/mol. The maximum Gasteiger partial charge on any atom is 0.0398 e. The Bertz CT molecular complexity index is 347. The zero-order valence-electron chi connectivity index (χ0n) is 6.78. The van der Waals surface area contributed by atoms with Gasteiger partial charge in [-0.05, 0) is 34.1 Å². The van der Waals surface area contributed by atoms with E-state index in [0.717, 1.165) is 26.3 Å². The average Bonchev–Trinajstić information content (AvgIpc) is 2.11. The summed E-state index contributed by atoms with van der Waals surface area (Å²) in [7, 11) is 0. The van der Waals surface area contributed by atoms with Gasteiger partial charge in [0.05, 0.1) is 0 Å². The first kappa shape index (κ1) is 11.3. The topological polar surface area (TPSA) is 0 Å². The summed E-state index contributed by atoms with van der Waals surface area (Å²) >= 11 is 10.2. The molecule has 0 atom stereocenters. The van der Waals surface area contributed by atoms with Crippen LogP contribution in [0, 0.1) is 11.8 Å². The Labute approximate surface area is 103 Å². The summed E-state index contributed by atoms with van der Waals surface area (Å²) in [5, 5.41) is 0.922. The Morgan fingerprint density at radius 1 is 1.23 bits per heavy atom. The van der Waals surface area contributed by atoms with Gasteiger partial charge in [-0.1, -0.05) is 43.7 Å².